The van der Waals surface area contributed by atoms with Crippen LogP contribution in [0.15, 0.2) is 30.3 Å². The number of esters is 1. The number of carbonyl (C=O) groups is 2. The molecule has 2 heterocycles. The summed E-state index contributed by atoms with van der Waals surface area (Å²) in [5.41, 5.74) is 2.98. The van der Waals surface area contributed by atoms with Gasteiger partial charge in [-0.3, -0.25) is 4.79 Å². The van der Waals surface area contributed by atoms with Crippen molar-refractivity contribution in [1.29, 1.82) is 0 Å². The number of aryl methyl sites for hydroxylation is 2. The van der Waals surface area contributed by atoms with Crippen LogP contribution in [-0.2, 0) is 11.3 Å². The second-order valence-corrected chi connectivity index (χ2v) is 7.91. The third-order valence-electron chi connectivity index (χ3n) is 4.47. The Morgan fingerprint density at radius 3 is 2.50 bits per heavy atom. The van der Waals surface area contributed by atoms with Crippen molar-refractivity contribution in [2.75, 3.05) is 12.4 Å². The van der Waals surface area contributed by atoms with Crippen molar-refractivity contribution in [2.45, 2.75) is 27.3 Å². The van der Waals surface area contributed by atoms with Gasteiger partial charge in [0.1, 0.15) is 10.2 Å². The number of methoxy groups -OCH3 is 1. The van der Waals surface area contributed by atoms with Crippen molar-refractivity contribution in [1.82, 2.24) is 9.78 Å². The predicted molar refractivity (Wildman–Crippen MR) is 111 cm³/mol. The van der Waals surface area contributed by atoms with Gasteiger partial charge in [-0.2, -0.15) is 5.10 Å². The molecule has 0 aliphatic rings. The van der Waals surface area contributed by atoms with Crippen molar-refractivity contribution in [3.05, 3.63) is 68.3 Å². The maximum absolute atomic E-state index is 12.9. The van der Waals surface area contributed by atoms with E-state index in [1.54, 1.807) is 11.6 Å². The molecule has 3 rings (SSSR count). The number of thiophene rings is 1. The fraction of sp³-hybridized carbons (Fsp3) is 0.250. The lowest BCUT2D eigenvalue weighted by Crippen LogP contribution is -2.15. The Kier molecular flexibility index (Phi) is 5.86. The van der Waals surface area contributed by atoms with Crippen LogP contribution in [0.3, 0.4) is 0 Å². The van der Waals surface area contributed by atoms with Gasteiger partial charge in [-0.1, -0.05) is 41.9 Å². The molecule has 0 saturated heterocycles. The average Bonchev–Trinajstić information content (AvgIpc) is 3.10. The molecule has 2 aromatic heterocycles. The number of anilines is 1. The van der Waals surface area contributed by atoms with Crippen LogP contribution in [0.25, 0.3) is 0 Å². The van der Waals surface area contributed by atoms with Crippen molar-refractivity contribution in [3.8, 4) is 0 Å². The SMILES string of the molecule is COC(=O)c1c(NC(=O)c2c(C)nn(Cc3ccccc3)c2Cl)sc(C)c1C. The third-order valence-corrected chi connectivity index (χ3v) is 5.98. The van der Waals surface area contributed by atoms with E-state index >= 15 is 0 Å². The van der Waals surface area contributed by atoms with Crippen molar-refractivity contribution < 1.29 is 14.3 Å². The number of ether oxygens (including phenoxy) is 1. The Morgan fingerprint density at radius 1 is 1.18 bits per heavy atom. The minimum atomic E-state index is -0.486. The minimum absolute atomic E-state index is 0.253. The molecule has 146 valence electrons. The molecule has 8 heteroatoms. The maximum Gasteiger partial charge on any atom is 0.341 e. The molecule has 0 fully saturated rings. The van der Waals surface area contributed by atoms with Gasteiger partial charge >= 0.3 is 5.97 Å². The molecule has 0 radical (unpaired) electrons. The molecule has 1 N–H and O–H groups in total. The summed E-state index contributed by atoms with van der Waals surface area (Å²) in [5, 5.41) is 7.90. The first-order valence-electron chi connectivity index (χ1n) is 8.60. The number of amides is 1. The molecule has 0 atom stereocenters. The number of hydrogen-bond acceptors (Lipinski definition) is 5. The lowest BCUT2D eigenvalue weighted by molar-refractivity contribution is 0.0601. The standard InChI is InChI=1S/C20H20ClN3O3S/c1-11-13(3)28-19(15(11)20(26)27-4)22-18(25)16-12(2)23-24(17(16)21)10-14-8-6-5-7-9-14/h5-9H,10H2,1-4H3,(H,22,25). The molecular formula is C20H20ClN3O3S. The number of halogens is 1. The van der Waals surface area contributed by atoms with Crippen molar-refractivity contribution >= 4 is 39.8 Å². The highest BCUT2D eigenvalue weighted by Gasteiger charge is 2.25. The van der Waals surface area contributed by atoms with E-state index in [4.69, 9.17) is 16.3 Å². The van der Waals surface area contributed by atoms with E-state index in [0.29, 0.717) is 22.8 Å². The van der Waals surface area contributed by atoms with Gasteiger partial charge < -0.3 is 10.1 Å². The van der Waals surface area contributed by atoms with Gasteiger partial charge in [-0.05, 0) is 31.9 Å². The molecule has 3 aromatic rings. The number of benzene rings is 1. The molecule has 1 amide bonds. The molecule has 0 aliphatic carbocycles. The van der Waals surface area contributed by atoms with Crippen LogP contribution in [0.1, 0.15) is 42.4 Å². The summed E-state index contributed by atoms with van der Waals surface area (Å²) in [6.07, 6.45) is 0. The van der Waals surface area contributed by atoms with Crippen LogP contribution >= 0.6 is 22.9 Å². The van der Waals surface area contributed by atoms with Crippen LogP contribution in [0.5, 0.6) is 0 Å². The molecule has 28 heavy (non-hydrogen) atoms. The monoisotopic (exact) mass is 417 g/mol. The second-order valence-electron chi connectivity index (χ2n) is 6.33. The van der Waals surface area contributed by atoms with Crippen molar-refractivity contribution in [2.24, 2.45) is 0 Å². The molecule has 0 spiro atoms. The number of rotatable bonds is 5. The summed E-state index contributed by atoms with van der Waals surface area (Å²) in [7, 11) is 1.31. The Bertz CT molecular complexity index is 1040. The number of aromatic nitrogens is 2. The van der Waals surface area contributed by atoms with Crippen LogP contribution in [0.2, 0.25) is 5.15 Å². The zero-order valence-corrected chi connectivity index (χ0v) is 17.6. The number of carbonyl (C=O) groups excluding carboxylic acids is 2. The Morgan fingerprint density at radius 2 is 1.86 bits per heavy atom. The summed E-state index contributed by atoms with van der Waals surface area (Å²) in [6, 6.07) is 9.73. The van der Waals surface area contributed by atoms with Gasteiger partial charge in [0.25, 0.3) is 5.91 Å². The summed E-state index contributed by atoms with van der Waals surface area (Å²) in [6.45, 7) is 5.90. The minimum Gasteiger partial charge on any atom is -0.465 e. The number of hydrogen-bond donors (Lipinski definition) is 1. The molecule has 1 aromatic carbocycles. The highest BCUT2D eigenvalue weighted by molar-refractivity contribution is 7.16. The normalized spacial score (nSPS) is 10.8. The fourth-order valence-electron chi connectivity index (χ4n) is 2.90. The van der Waals surface area contributed by atoms with E-state index in [1.165, 1.54) is 18.4 Å². The van der Waals surface area contributed by atoms with Gasteiger partial charge in [0, 0.05) is 4.88 Å². The maximum atomic E-state index is 12.9. The van der Waals surface area contributed by atoms with Gasteiger partial charge in [0.2, 0.25) is 0 Å². The highest BCUT2D eigenvalue weighted by atomic mass is 35.5. The van der Waals surface area contributed by atoms with Gasteiger partial charge in [0.15, 0.2) is 0 Å². The largest absolute Gasteiger partial charge is 0.465 e. The van der Waals surface area contributed by atoms with Gasteiger partial charge in [0.05, 0.1) is 30.5 Å². The van der Waals surface area contributed by atoms with Gasteiger partial charge in [-0.15, -0.1) is 11.3 Å². The first-order valence-corrected chi connectivity index (χ1v) is 9.79. The fourth-order valence-corrected chi connectivity index (χ4v) is 4.26. The smallest absolute Gasteiger partial charge is 0.341 e. The molecule has 0 aliphatic heterocycles. The highest BCUT2D eigenvalue weighted by Crippen LogP contribution is 2.34. The average molecular weight is 418 g/mol. The lowest BCUT2D eigenvalue weighted by Gasteiger charge is -2.07. The molecule has 0 bridgehead atoms. The summed E-state index contributed by atoms with van der Waals surface area (Å²) in [5.74, 6) is -0.895. The first-order chi connectivity index (χ1) is 13.3. The molecular weight excluding hydrogens is 398 g/mol. The molecule has 0 saturated carbocycles. The predicted octanol–water partition coefficient (Wildman–Crippen LogP) is 4.61. The quantitative estimate of drug-likeness (QED) is 0.615. The van der Waals surface area contributed by atoms with E-state index in [9.17, 15) is 9.59 Å². The van der Waals surface area contributed by atoms with Crippen molar-refractivity contribution in [3.63, 3.8) is 0 Å². The van der Waals surface area contributed by atoms with Crippen LogP contribution in [0, 0.1) is 20.8 Å². The summed E-state index contributed by atoms with van der Waals surface area (Å²) in [4.78, 5) is 26.0. The van der Waals surface area contributed by atoms with E-state index in [2.05, 4.69) is 10.4 Å². The Labute approximate surface area is 172 Å². The van der Waals surface area contributed by atoms with E-state index < -0.39 is 11.9 Å². The Hall–Kier alpha value is -2.64. The number of nitrogens with one attached hydrogen (secondary N) is 1. The summed E-state index contributed by atoms with van der Waals surface area (Å²) >= 11 is 7.78. The molecule has 0 unspecified atom stereocenters. The Balaban J connectivity index is 1.90. The zero-order chi connectivity index (χ0) is 20.4. The van der Waals surface area contributed by atoms with Crippen LogP contribution < -0.4 is 5.32 Å². The van der Waals surface area contributed by atoms with Crippen LogP contribution in [-0.4, -0.2) is 28.8 Å². The summed E-state index contributed by atoms with van der Waals surface area (Å²) < 4.78 is 6.44. The van der Waals surface area contributed by atoms with E-state index in [0.717, 1.165) is 16.0 Å². The topological polar surface area (TPSA) is 73.2 Å². The number of nitrogens with zero attached hydrogens (tertiary/aromatic N) is 2. The molecule has 6 nitrogen and oxygen atoms in total. The van der Waals surface area contributed by atoms with Crippen LogP contribution in [0.4, 0.5) is 5.00 Å². The second kappa shape index (κ2) is 8.16. The lowest BCUT2D eigenvalue weighted by atomic mass is 10.1. The third kappa shape index (κ3) is 3.81. The first kappa shape index (κ1) is 20.1. The zero-order valence-electron chi connectivity index (χ0n) is 16.0. The van der Waals surface area contributed by atoms with E-state index in [1.807, 2.05) is 44.2 Å². The van der Waals surface area contributed by atoms with E-state index in [-0.39, 0.29) is 10.7 Å². The van der Waals surface area contributed by atoms with Gasteiger partial charge in [-0.25, -0.2) is 9.48 Å².